The maximum atomic E-state index is 11.6. The van der Waals surface area contributed by atoms with Crippen LogP contribution in [-0.4, -0.2) is 5.78 Å². The molecule has 0 saturated carbocycles. The van der Waals surface area contributed by atoms with Crippen molar-refractivity contribution in [3.05, 3.63) is 35.9 Å². The summed E-state index contributed by atoms with van der Waals surface area (Å²) in [6, 6.07) is 9.95. The minimum absolute atomic E-state index is 0.352. The molecule has 1 nitrogen and oxygen atoms in total. The second kappa shape index (κ2) is 5.58. The minimum Gasteiger partial charge on any atom is -0.299 e. The van der Waals surface area contributed by atoms with Gasteiger partial charge in [0.2, 0.25) is 0 Å². The lowest BCUT2D eigenvalue weighted by Gasteiger charge is -2.06. The van der Waals surface area contributed by atoms with E-state index in [4.69, 9.17) is 0 Å². The summed E-state index contributed by atoms with van der Waals surface area (Å²) in [5.74, 6) is 0.872. The van der Waals surface area contributed by atoms with Crippen LogP contribution in [0.25, 0.3) is 0 Å². The van der Waals surface area contributed by atoms with Gasteiger partial charge in [0.1, 0.15) is 5.78 Å². The SMILES string of the molecule is CCC(C)CC(=O)Cc1ccccc1. The highest BCUT2D eigenvalue weighted by atomic mass is 16.1. The molecule has 0 spiro atoms. The average molecular weight is 190 g/mol. The van der Waals surface area contributed by atoms with Crippen LogP contribution in [0.2, 0.25) is 0 Å². The van der Waals surface area contributed by atoms with Crippen molar-refractivity contribution in [2.45, 2.75) is 33.1 Å². The zero-order valence-corrected chi connectivity index (χ0v) is 8.99. The fraction of sp³-hybridized carbons (Fsp3) is 0.462. The van der Waals surface area contributed by atoms with Gasteiger partial charge in [-0.2, -0.15) is 0 Å². The highest BCUT2D eigenvalue weighted by molar-refractivity contribution is 5.81. The van der Waals surface area contributed by atoms with Gasteiger partial charge in [-0.3, -0.25) is 4.79 Å². The van der Waals surface area contributed by atoms with Crippen LogP contribution in [0.4, 0.5) is 0 Å². The van der Waals surface area contributed by atoms with E-state index in [0.29, 0.717) is 24.5 Å². The molecule has 0 aromatic heterocycles. The molecule has 0 fully saturated rings. The fourth-order valence-corrected chi connectivity index (χ4v) is 1.43. The molecule has 0 aliphatic heterocycles. The quantitative estimate of drug-likeness (QED) is 0.696. The lowest BCUT2D eigenvalue weighted by Crippen LogP contribution is -2.07. The monoisotopic (exact) mass is 190 g/mol. The van der Waals surface area contributed by atoms with Gasteiger partial charge in [0, 0.05) is 12.8 Å². The van der Waals surface area contributed by atoms with E-state index in [1.54, 1.807) is 0 Å². The Labute approximate surface area is 86.1 Å². The Bertz CT molecular complexity index is 277. The van der Waals surface area contributed by atoms with E-state index in [-0.39, 0.29) is 0 Å². The summed E-state index contributed by atoms with van der Waals surface area (Å²) < 4.78 is 0. The summed E-state index contributed by atoms with van der Waals surface area (Å²) in [5, 5.41) is 0. The van der Waals surface area contributed by atoms with Gasteiger partial charge >= 0.3 is 0 Å². The molecule has 1 aromatic carbocycles. The molecule has 0 heterocycles. The first kappa shape index (κ1) is 11.0. The Morgan fingerprint density at radius 2 is 1.93 bits per heavy atom. The van der Waals surface area contributed by atoms with Crippen LogP contribution in [0, 0.1) is 5.92 Å². The molecule has 0 N–H and O–H groups in total. The molecule has 1 aromatic rings. The Morgan fingerprint density at radius 1 is 1.29 bits per heavy atom. The van der Waals surface area contributed by atoms with Crippen molar-refractivity contribution in [3.63, 3.8) is 0 Å². The molecular weight excluding hydrogens is 172 g/mol. The zero-order valence-electron chi connectivity index (χ0n) is 8.99. The van der Waals surface area contributed by atoms with Crippen LogP contribution in [0.3, 0.4) is 0 Å². The van der Waals surface area contributed by atoms with Crippen molar-refractivity contribution in [3.8, 4) is 0 Å². The number of hydrogen-bond acceptors (Lipinski definition) is 1. The van der Waals surface area contributed by atoms with E-state index in [0.717, 1.165) is 12.0 Å². The smallest absolute Gasteiger partial charge is 0.137 e. The van der Waals surface area contributed by atoms with Crippen molar-refractivity contribution >= 4 is 5.78 Å². The highest BCUT2D eigenvalue weighted by Crippen LogP contribution is 2.10. The molecule has 14 heavy (non-hydrogen) atoms. The maximum Gasteiger partial charge on any atom is 0.137 e. The standard InChI is InChI=1S/C13H18O/c1-3-11(2)9-13(14)10-12-7-5-4-6-8-12/h4-8,11H,3,9-10H2,1-2H3. The lowest BCUT2D eigenvalue weighted by atomic mass is 9.98. The van der Waals surface area contributed by atoms with Crippen LogP contribution in [0.5, 0.6) is 0 Å². The van der Waals surface area contributed by atoms with E-state index in [1.807, 2.05) is 30.3 Å². The van der Waals surface area contributed by atoms with Gasteiger partial charge in [0.05, 0.1) is 0 Å². The van der Waals surface area contributed by atoms with Crippen LogP contribution >= 0.6 is 0 Å². The molecule has 0 amide bonds. The van der Waals surface area contributed by atoms with Crippen molar-refractivity contribution in [2.24, 2.45) is 5.92 Å². The van der Waals surface area contributed by atoms with Crippen molar-refractivity contribution in [2.75, 3.05) is 0 Å². The number of Topliss-reactive ketones (excluding diaryl/α,β-unsaturated/α-hetero) is 1. The fourth-order valence-electron chi connectivity index (χ4n) is 1.43. The molecule has 76 valence electrons. The lowest BCUT2D eigenvalue weighted by molar-refractivity contribution is -0.119. The second-order valence-corrected chi connectivity index (χ2v) is 3.92. The molecule has 0 bridgehead atoms. The van der Waals surface area contributed by atoms with E-state index < -0.39 is 0 Å². The summed E-state index contributed by atoms with van der Waals surface area (Å²) in [4.78, 5) is 11.6. The molecule has 0 saturated heterocycles. The Kier molecular flexibility index (Phi) is 4.37. The van der Waals surface area contributed by atoms with Gasteiger partial charge in [-0.25, -0.2) is 0 Å². The van der Waals surface area contributed by atoms with Crippen LogP contribution < -0.4 is 0 Å². The Hall–Kier alpha value is -1.11. The van der Waals surface area contributed by atoms with Crippen molar-refractivity contribution < 1.29 is 4.79 Å². The summed E-state index contributed by atoms with van der Waals surface area (Å²) >= 11 is 0. The molecule has 0 aliphatic carbocycles. The largest absolute Gasteiger partial charge is 0.299 e. The summed E-state index contributed by atoms with van der Waals surface area (Å²) in [6.07, 6.45) is 2.39. The van der Waals surface area contributed by atoms with E-state index in [2.05, 4.69) is 13.8 Å². The van der Waals surface area contributed by atoms with E-state index in [1.165, 1.54) is 0 Å². The predicted octanol–water partition coefficient (Wildman–Crippen LogP) is 3.23. The minimum atomic E-state index is 0.352. The first-order chi connectivity index (χ1) is 6.72. The molecule has 0 aliphatic rings. The number of ketones is 1. The predicted molar refractivity (Wildman–Crippen MR) is 59.2 cm³/mol. The first-order valence-electron chi connectivity index (χ1n) is 5.28. The number of carbonyl (C=O) groups excluding carboxylic acids is 1. The summed E-state index contributed by atoms with van der Waals surface area (Å²) in [6.45, 7) is 4.25. The average Bonchev–Trinajstić information content (AvgIpc) is 2.19. The topological polar surface area (TPSA) is 17.1 Å². The van der Waals surface area contributed by atoms with Crippen LogP contribution in [-0.2, 0) is 11.2 Å². The van der Waals surface area contributed by atoms with Gasteiger partial charge in [-0.05, 0) is 11.5 Å². The molecule has 1 atom stereocenters. The Morgan fingerprint density at radius 3 is 2.50 bits per heavy atom. The molecule has 1 rings (SSSR count). The van der Waals surface area contributed by atoms with Gasteiger partial charge in [-0.1, -0.05) is 50.6 Å². The number of carbonyl (C=O) groups is 1. The molecule has 1 heteroatoms. The second-order valence-electron chi connectivity index (χ2n) is 3.92. The number of rotatable bonds is 5. The van der Waals surface area contributed by atoms with E-state index in [9.17, 15) is 4.79 Å². The van der Waals surface area contributed by atoms with Gasteiger partial charge in [-0.15, -0.1) is 0 Å². The van der Waals surface area contributed by atoms with E-state index >= 15 is 0 Å². The third-order valence-electron chi connectivity index (χ3n) is 2.52. The van der Waals surface area contributed by atoms with Gasteiger partial charge in [0.15, 0.2) is 0 Å². The normalized spacial score (nSPS) is 12.4. The molecule has 0 radical (unpaired) electrons. The maximum absolute atomic E-state index is 11.6. The van der Waals surface area contributed by atoms with Crippen molar-refractivity contribution in [1.82, 2.24) is 0 Å². The van der Waals surface area contributed by atoms with Crippen LogP contribution in [0.1, 0.15) is 32.3 Å². The highest BCUT2D eigenvalue weighted by Gasteiger charge is 2.07. The third-order valence-corrected chi connectivity index (χ3v) is 2.52. The van der Waals surface area contributed by atoms with Gasteiger partial charge < -0.3 is 0 Å². The van der Waals surface area contributed by atoms with Crippen molar-refractivity contribution in [1.29, 1.82) is 0 Å². The summed E-state index contributed by atoms with van der Waals surface area (Å²) in [5.41, 5.74) is 1.13. The Balaban J connectivity index is 2.42. The molecule has 1 unspecified atom stereocenters. The molecular formula is C13H18O. The van der Waals surface area contributed by atoms with Crippen LogP contribution in [0.15, 0.2) is 30.3 Å². The summed E-state index contributed by atoms with van der Waals surface area (Å²) in [7, 11) is 0. The third kappa shape index (κ3) is 3.73. The van der Waals surface area contributed by atoms with Gasteiger partial charge in [0.25, 0.3) is 0 Å². The first-order valence-corrected chi connectivity index (χ1v) is 5.28. The number of benzene rings is 1. The zero-order chi connectivity index (χ0) is 10.4. The number of hydrogen-bond donors (Lipinski definition) is 0.